The van der Waals surface area contributed by atoms with Crippen LogP contribution in [0.2, 0.25) is 0 Å². The lowest BCUT2D eigenvalue weighted by Gasteiger charge is -2.14. The molecule has 9 nitrogen and oxygen atoms in total. The van der Waals surface area contributed by atoms with E-state index in [-0.39, 0.29) is 18.4 Å². The first-order valence-corrected chi connectivity index (χ1v) is 11.9. The molecule has 0 bridgehead atoms. The predicted octanol–water partition coefficient (Wildman–Crippen LogP) is 1.82. The van der Waals surface area contributed by atoms with E-state index in [0.29, 0.717) is 38.9 Å². The molecule has 1 aromatic rings. The normalized spacial score (nSPS) is 12.2. The first-order valence-electron chi connectivity index (χ1n) is 10.2. The molecule has 0 unspecified atom stereocenters. The summed E-state index contributed by atoms with van der Waals surface area (Å²) < 4.78 is 41.6. The number of benzene rings is 1. The highest BCUT2D eigenvalue weighted by Crippen LogP contribution is 2.16. The van der Waals surface area contributed by atoms with Crippen molar-refractivity contribution in [1.82, 2.24) is 10.0 Å². The van der Waals surface area contributed by atoms with Crippen LogP contribution in [0.1, 0.15) is 27.2 Å². The Morgan fingerprint density at radius 1 is 1.10 bits per heavy atom. The van der Waals surface area contributed by atoms with Gasteiger partial charge in [0.2, 0.25) is 10.0 Å². The molecule has 172 valence electrons. The van der Waals surface area contributed by atoms with Gasteiger partial charge in [-0.2, -0.15) is 0 Å². The van der Waals surface area contributed by atoms with Crippen LogP contribution in [0, 0.1) is 0 Å². The van der Waals surface area contributed by atoms with Gasteiger partial charge in [0.05, 0.1) is 25.1 Å². The average molecular weight is 445 g/mol. The van der Waals surface area contributed by atoms with E-state index in [2.05, 4.69) is 20.3 Å². The summed E-state index contributed by atoms with van der Waals surface area (Å²) in [6, 6.07) is 7.59. The molecule has 0 radical (unpaired) electrons. The topological polar surface area (TPSA) is 110 Å². The third-order valence-corrected chi connectivity index (χ3v) is 5.16. The van der Waals surface area contributed by atoms with Crippen molar-refractivity contribution < 1.29 is 22.6 Å². The summed E-state index contributed by atoms with van der Waals surface area (Å²) in [6.45, 7) is 8.54. The molecule has 0 aliphatic heterocycles. The Balaban J connectivity index is 2.58. The smallest absolute Gasteiger partial charge is 0.211 e. The van der Waals surface area contributed by atoms with Crippen molar-refractivity contribution in [2.45, 2.75) is 33.3 Å². The monoisotopic (exact) mass is 444 g/mol. The number of nitrogens with one attached hydrogen (secondary N) is 3. The van der Waals surface area contributed by atoms with Gasteiger partial charge >= 0.3 is 0 Å². The largest absolute Gasteiger partial charge is 0.491 e. The first kappa shape index (κ1) is 26.2. The van der Waals surface area contributed by atoms with Crippen LogP contribution >= 0.6 is 0 Å². The number of ether oxygens (including phenoxy) is 3. The summed E-state index contributed by atoms with van der Waals surface area (Å²) in [4.78, 5) is 4.54. The van der Waals surface area contributed by atoms with E-state index in [1.807, 2.05) is 38.1 Å². The zero-order chi connectivity index (χ0) is 22.2. The summed E-state index contributed by atoms with van der Waals surface area (Å²) >= 11 is 0. The molecule has 0 saturated heterocycles. The van der Waals surface area contributed by atoms with Crippen LogP contribution in [0.3, 0.4) is 0 Å². The van der Waals surface area contributed by atoms with Crippen molar-refractivity contribution in [2.75, 3.05) is 57.6 Å². The van der Waals surface area contributed by atoms with E-state index in [9.17, 15) is 8.42 Å². The average Bonchev–Trinajstić information content (AvgIpc) is 2.71. The Kier molecular flexibility index (Phi) is 13.1. The van der Waals surface area contributed by atoms with Crippen LogP contribution in [0.5, 0.6) is 5.75 Å². The molecule has 1 rings (SSSR count). The molecule has 10 heteroatoms. The van der Waals surface area contributed by atoms with Gasteiger partial charge in [0, 0.05) is 39.0 Å². The summed E-state index contributed by atoms with van der Waals surface area (Å²) in [6.07, 6.45) is 0.876. The second-order valence-corrected chi connectivity index (χ2v) is 8.83. The lowest BCUT2D eigenvalue weighted by molar-refractivity contribution is 0.0702. The molecule has 0 aliphatic carbocycles. The van der Waals surface area contributed by atoms with Crippen molar-refractivity contribution in [1.29, 1.82) is 0 Å². The molecule has 3 N–H and O–H groups in total. The van der Waals surface area contributed by atoms with Crippen LogP contribution in [0.25, 0.3) is 0 Å². The number of rotatable bonds is 15. The number of hydrogen-bond donors (Lipinski definition) is 3. The van der Waals surface area contributed by atoms with E-state index in [0.717, 1.165) is 17.9 Å². The van der Waals surface area contributed by atoms with Crippen molar-refractivity contribution in [3.63, 3.8) is 0 Å². The van der Waals surface area contributed by atoms with Gasteiger partial charge in [0.25, 0.3) is 0 Å². The summed E-state index contributed by atoms with van der Waals surface area (Å²) in [5.41, 5.74) is 0.850. The van der Waals surface area contributed by atoms with Gasteiger partial charge in [-0.3, -0.25) is 4.99 Å². The van der Waals surface area contributed by atoms with Crippen molar-refractivity contribution in [3.8, 4) is 5.75 Å². The van der Waals surface area contributed by atoms with Gasteiger partial charge < -0.3 is 24.8 Å². The second kappa shape index (κ2) is 15.0. The van der Waals surface area contributed by atoms with E-state index >= 15 is 0 Å². The zero-order valence-corrected chi connectivity index (χ0v) is 19.3. The van der Waals surface area contributed by atoms with E-state index in [1.54, 1.807) is 14.0 Å². The minimum atomic E-state index is -3.21. The quantitative estimate of drug-likeness (QED) is 0.215. The fourth-order valence-electron chi connectivity index (χ4n) is 2.26. The lowest BCUT2D eigenvalue weighted by Crippen LogP contribution is -2.38. The fraction of sp³-hybridized carbons (Fsp3) is 0.650. The zero-order valence-electron chi connectivity index (χ0n) is 18.4. The number of methoxy groups -OCH3 is 1. The molecule has 0 spiro atoms. The Hall–Kier alpha value is -1.88. The van der Waals surface area contributed by atoms with Gasteiger partial charge in [-0.05, 0) is 51.5 Å². The van der Waals surface area contributed by atoms with Gasteiger partial charge in [-0.1, -0.05) is 0 Å². The van der Waals surface area contributed by atoms with Gasteiger partial charge in [0.15, 0.2) is 5.96 Å². The number of sulfonamides is 1. The van der Waals surface area contributed by atoms with Crippen LogP contribution in [-0.4, -0.2) is 72.8 Å². The molecule has 0 aromatic heterocycles. The minimum Gasteiger partial charge on any atom is -0.491 e. The summed E-state index contributed by atoms with van der Waals surface area (Å²) in [5, 5.41) is 6.37. The van der Waals surface area contributed by atoms with Crippen LogP contribution in [0.4, 0.5) is 5.69 Å². The Bertz CT molecular complexity index is 708. The SMILES string of the molecule is CCS(=O)(=O)NCCNC(=NCCCOCCOC)Nc1ccc(OC(C)C)cc1. The minimum absolute atomic E-state index is 0.0556. The molecular formula is C20H36N4O5S. The molecule has 1 aromatic carbocycles. The lowest BCUT2D eigenvalue weighted by atomic mass is 10.3. The van der Waals surface area contributed by atoms with Crippen molar-refractivity contribution in [2.24, 2.45) is 4.99 Å². The number of hydrogen-bond acceptors (Lipinski definition) is 6. The molecule has 30 heavy (non-hydrogen) atoms. The number of aliphatic imine (C=N–C) groups is 1. The first-order chi connectivity index (χ1) is 14.4. The predicted molar refractivity (Wildman–Crippen MR) is 121 cm³/mol. The number of anilines is 1. The molecular weight excluding hydrogens is 408 g/mol. The van der Waals surface area contributed by atoms with Gasteiger partial charge in [-0.15, -0.1) is 0 Å². The molecule has 0 amide bonds. The summed E-state index contributed by atoms with van der Waals surface area (Å²) in [5.74, 6) is 1.42. The van der Waals surface area contributed by atoms with E-state index < -0.39 is 10.0 Å². The standard InChI is InChI=1S/C20H36N4O5S/c1-5-30(25,26)23-13-12-22-20(21-11-6-14-28-16-15-27-4)24-18-7-9-19(10-8-18)29-17(2)3/h7-10,17,23H,5-6,11-16H2,1-4H3,(H2,21,22,24). The highest BCUT2D eigenvalue weighted by Gasteiger charge is 2.06. The van der Waals surface area contributed by atoms with Gasteiger partial charge in [0.1, 0.15) is 5.75 Å². The van der Waals surface area contributed by atoms with Crippen LogP contribution in [0.15, 0.2) is 29.3 Å². The Morgan fingerprint density at radius 2 is 1.83 bits per heavy atom. The Labute approximate surface area is 180 Å². The fourth-order valence-corrected chi connectivity index (χ4v) is 2.87. The maximum atomic E-state index is 11.5. The third-order valence-electron chi connectivity index (χ3n) is 3.76. The third kappa shape index (κ3) is 12.6. The highest BCUT2D eigenvalue weighted by atomic mass is 32.2. The highest BCUT2D eigenvalue weighted by molar-refractivity contribution is 7.89. The molecule has 0 atom stereocenters. The maximum absolute atomic E-state index is 11.5. The summed E-state index contributed by atoms with van der Waals surface area (Å²) in [7, 11) is -1.58. The molecule has 0 heterocycles. The number of nitrogens with zero attached hydrogens (tertiary/aromatic N) is 1. The van der Waals surface area contributed by atoms with Crippen LogP contribution in [-0.2, 0) is 19.5 Å². The van der Waals surface area contributed by atoms with Gasteiger partial charge in [-0.25, -0.2) is 13.1 Å². The molecule has 0 aliphatic rings. The second-order valence-electron chi connectivity index (χ2n) is 6.73. The van der Waals surface area contributed by atoms with Crippen molar-refractivity contribution >= 4 is 21.7 Å². The van der Waals surface area contributed by atoms with Crippen LogP contribution < -0.4 is 20.1 Å². The van der Waals surface area contributed by atoms with Crippen molar-refractivity contribution in [3.05, 3.63) is 24.3 Å². The molecule has 0 saturated carbocycles. The van der Waals surface area contributed by atoms with E-state index in [1.165, 1.54) is 0 Å². The number of guanidine groups is 1. The maximum Gasteiger partial charge on any atom is 0.211 e. The molecule has 0 fully saturated rings. The van der Waals surface area contributed by atoms with E-state index in [4.69, 9.17) is 14.2 Å². The Morgan fingerprint density at radius 3 is 2.47 bits per heavy atom.